The Balaban J connectivity index is 2.41. The van der Waals surface area contributed by atoms with Gasteiger partial charge in [-0.2, -0.15) is 0 Å². The van der Waals surface area contributed by atoms with Gasteiger partial charge in [-0.1, -0.05) is 6.07 Å². The van der Waals surface area contributed by atoms with Crippen molar-refractivity contribution < 1.29 is 0 Å². The SMILES string of the molecule is NCCC(N)Cc1ccccn1. The van der Waals surface area contributed by atoms with Crippen LogP contribution >= 0.6 is 0 Å². The number of aromatic nitrogens is 1. The molecule has 0 aromatic carbocycles. The Labute approximate surface area is 72.8 Å². The standard InChI is InChI=1S/C9H15N3/c10-5-4-8(11)7-9-3-1-2-6-12-9/h1-3,6,8H,4-5,7,10-11H2. The van der Waals surface area contributed by atoms with Gasteiger partial charge in [0.25, 0.3) is 0 Å². The van der Waals surface area contributed by atoms with E-state index in [0.717, 1.165) is 18.5 Å². The van der Waals surface area contributed by atoms with Gasteiger partial charge in [0.15, 0.2) is 0 Å². The minimum Gasteiger partial charge on any atom is -0.330 e. The Morgan fingerprint density at radius 1 is 1.42 bits per heavy atom. The van der Waals surface area contributed by atoms with Crippen molar-refractivity contribution in [2.24, 2.45) is 11.5 Å². The van der Waals surface area contributed by atoms with Crippen molar-refractivity contribution in [3.63, 3.8) is 0 Å². The summed E-state index contributed by atoms with van der Waals surface area (Å²) in [5.41, 5.74) is 12.2. The molecule has 0 aliphatic carbocycles. The fourth-order valence-electron chi connectivity index (χ4n) is 1.10. The first kappa shape index (κ1) is 9.16. The highest BCUT2D eigenvalue weighted by Crippen LogP contribution is 1.99. The first-order valence-corrected chi connectivity index (χ1v) is 4.18. The van der Waals surface area contributed by atoms with Crippen LogP contribution < -0.4 is 11.5 Å². The van der Waals surface area contributed by atoms with Crippen LogP contribution in [0.2, 0.25) is 0 Å². The molecule has 0 saturated heterocycles. The van der Waals surface area contributed by atoms with Crippen molar-refractivity contribution >= 4 is 0 Å². The van der Waals surface area contributed by atoms with Crippen molar-refractivity contribution in [2.75, 3.05) is 6.54 Å². The van der Waals surface area contributed by atoms with Gasteiger partial charge in [0, 0.05) is 24.4 Å². The number of hydrogen-bond donors (Lipinski definition) is 2. The van der Waals surface area contributed by atoms with E-state index in [-0.39, 0.29) is 6.04 Å². The molecule has 1 aromatic rings. The van der Waals surface area contributed by atoms with Crippen LogP contribution in [0, 0.1) is 0 Å². The van der Waals surface area contributed by atoms with E-state index < -0.39 is 0 Å². The lowest BCUT2D eigenvalue weighted by atomic mass is 10.1. The fraction of sp³-hybridized carbons (Fsp3) is 0.444. The van der Waals surface area contributed by atoms with Crippen molar-refractivity contribution in [1.82, 2.24) is 4.98 Å². The van der Waals surface area contributed by atoms with E-state index in [9.17, 15) is 0 Å². The zero-order valence-corrected chi connectivity index (χ0v) is 7.11. The number of nitrogens with two attached hydrogens (primary N) is 2. The summed E-state index contributed by atoms with van der Waals surface area (Å²) >= 11 is 0. The maximum absolute atomic E-state index is 5.80. The molecule has 0 amide bonds. The molecule has 0 spiro atoms. The smallest absolute Gasteiger partial charge is 0.0419 e. The fourth-order valence-corrected chi connectivity index (χ4v) is 1.10. The van der Waals surface area contributed by atoms with Crippen molar-refractivity contribution in [3.05, 3.63) is 30.1 Å². The maximum Gasteiger partial charge on any atom is 0.0419 e. The Morgan fingerprint density at radius 3 is 2.83 bits per heavy atom. The van der Waals surface area contributed by atoms with E-state index in [1.165, 1.54) is 0 Å². The Hall–Kier alpha value is -0.930. The van der Waals surface area contributed by atoms with Gasteiger partial charge in [0.05, 0.1) is 0 Å². The second-order valence-electron chi connectivity index (χ2n) is 2.86. The maximum atomic E-state index is 5.80. The van der Waals surface area contributed by atoms with Gasteiger partial charge in [-0.3, -0.25) is 4.98 Å². The van der Waals surface area contributed by atoms with E-state index in [2.05, 4.69) is 4.98 Å². The quantitative estimate of drug-likeness (QED) is 0.674. The van der Waals surface area contributed by atoms with Crippen LogP contribution in [-0.2, 0) is 6.42 Å². The van der Waals surface area contributed by atoms with Crippen molar-refractivity contribution in [2.45, 2.75) is 18.9 Å². The molecule has 66 valence electrons. The zero-order chi connectivity index (χ0) is 8.81. The summed E-state index contributed by atoms with van der Waals surface area (Å²) < 4.78 is 0. The lowest BCUT2D eigenvalue weighted by Gasteiger charge is -2.08. The molecule has 12 heavy (non-hydrogen) atoms. The van der Waals surface area contributed by atoms with E-state index >= 15 is 0 Å². The van der Waals surface area contributed by atoms with E-state index in [1.54, 1.807) is 6.20 Å². The molecule has 1 unspecified atom stereocenters. The predicted octanol–water partition coefficient (Wildman–Crippen LogP) is 0.300. The Kier molecular flexibility index (Phi) is 3.70. The van der Waals surface area contributed by atoms with Gasteiger partial charge in [-0.05, 0) is 25.1 Å². The van der Waals surface area contributed by atoms with Gasteiger partial charge in [-0.25, -0.2) is 0 Å². The lowest BCUT2D eigenvalue weighted by Crippen LogP contribution is -2.26. The number of rotatable bonds is 4. The highest BCUT2D eigenvalue weighted by Gasteiger charge is 2.02. The highest BCUT2D eigenvalue weighted by atomic mass is 14.7. The molecule has 0 aliphatic rings. The molecule has 1 heterocycles. The summed E-state index contributed by atoms with van der Waals surface area (Å²) in [4.78, 5) is 4.18. The monoisotopic (exact) mass is 165 g/mol. The number of hydrogen-bond acceptors (Lipinski definition) is 3. The van der Waals surface area contributed by atoms with E-state index in [4.69, 9.17) is 11.5 Å². The van der Waals surface area contributed by atoms with Crippen molar-refractivity contribution in [3.8, 4) is 0 Å². The van der Waals surface area contributed by atoms with Crippen molar-refractivity contribution in [1.29, 1.82) is 0 Å². The third-order valence-electron chi connectivity index (χ3n) is 1.73. The number of nitrogens with zero attached hydrogens (tertiary/aromatic N) is 1. The molecular formula is C9H15N3. The van der Waals surface area contributed by atoms with Crippen LogP contribution in [0.3, 0.4) is 0 Å². The highest BCUT2D eigenvalue weighted by molar-refractivity contribution is 5.04. The van der Waals surface area contributed by atoms with Crippen LogP contribution in [0.25, 0.3) is 0 Å². The first-order chi connectivity index (χ1) is 5.83. The Morgan fingerprint density at radius 2 is 2.25 bits per heavy atom. The number of pyridine rings is 1. The van der Waals surface area contributed by atoms with Crippen LogP contribution in [0.15, 0.2) is 24.4 Å². The van der Waals surface area contributed by atoms with Gasteiger partial charge in [0.2, 0.25) is 0 Å². The minimum atomic E-state index is 0.143. The minimum absolute atomic E-state index is 0.143. The zero-order valence-electron chi connectivity index (χ0n) is 7.11. The molecule has 3 nitrogen and oxygen atoms in total. The lowest BCUT2D eigenvalue weighted by molar-refractivity contribution is 0.611. The summed E-state index contributed by atoms with van der Waals surface area (Å²) in [7, 11) is 0. The summed E-state index contributed by atoms with van der Waals surface area (Å²) in [6.45, 7) is 0.647. The average Bonchev–Trinajstić information content (AvgIpc) is 2.06. The summed E-state index contributed by atoms with van der Waals surface area (Å²) in [6.07, 6.45) is 3.46. The third kappa shape index (κ3) is 2.98. The average molecular weight is 165 g/mol. The molecule has 3 heteroatoms. The molecule has 0 bridgehead atoms. The third-order valence-corrected chi connectivity index (χ3v) is 1.73. The molecule has 1 aromatic heterocycles. The van der Waals surface area contributed by atoms with Gasteiger partial charge in [-0.15, -0.1) is 0 Å². The van der Waals surface area contributed by atoms with Crippen LogP contribution in [0.4, 0.5) is 0 Å². The molecular weight excluding hydrogens is 150 g/mol. The summed E-state index contributed by atoms with van der Waals surface area (Å²) in [6, 6.07) is 6.00. The second kappa shape index (κ2) is 4.85. The summed E-state index contributed by atoms with van der Waals surface area (Å²) in [5, 5.41) is 0. The van der Waals surface area contributed by atoms with Gasteiger partial charge < -0.3 is 11.5 Å². The van der Waals surface area contributed by atoms with Crippen LogP contribution in [0.5, 0.6) is 0 Å². The topological polar surface area (TPSA) is 64.9 Å². The molecule has 0 saturated carbocycles. The van der Waals surface area contributed by atoms with Crippen LogP contribution in [-0.4, -0.2) is 17.6 Å². The largest absolute Gasteiger partial charge is 0.330 e. The summed E-state index contributed by atoms with van der Waals surface area (Å²) in [5.74, 6) is 0. The predicted molar refractivity (Wildman–Crippen MR) is 49.6 cm³/mol. The molecule has 0 aliphatic heterocycles. The molecule has 1 atom stereocenters. The molecule has 4 N–H and O–H groups in total. The molecule has 0 radical (unpaired) electrons. The molecule has 1 rings (SSSR count). The van der Waals surface area contributed by atoms with E-state index in [0.29, 0.717) is 6.54 Å². The van der Waals surface area contributed by atoms with Crippen LogP contribution in [0.1, 0.15) is 12.1 Å². The normalized spacial score (nSPS) is 12.8. The van der Waals surface area contributed by atoms with Gasteiger partial charge in [0.1, 0.15) is 0 Å². The van der Waals surface area contributed by atoms with E-state index in [1.807, 2.05) is 18.2 Å². The van der Waals surface area contributed by atoms with Gasteiger partial charge >= 0.3 is 0 Å². The Bertz CT molecular complexity index is 210. The second-order valence-corrected chi connectivity index (χ2v) is 2.86. The molecule has 0 fully saturated rings. The first-order valence-electron chi connectivity index (χ1n) is 4.18.